The van der Waals surface area contributed by atoms with Gasteiger partial charge in [-0.15, -0.1) is 0 Å². The first-order valence-electron chi connectivity index (χ1n) is 6.99. The van der Waals surface area contributed by atoms with Gasteiger partial charge in [0.1, 0.15) is 0 Å². The number of hydrogen-bond acceptors (Lipinski definition) is 6. The highest BCUT2D eigenvalue weighted by Crippen LogP contribution is 2.23. The molecule has 8 heteroatoms. The Kier molecular flexibility index (Phi) is 4.15. The van der Waals surface area contributed by atoms with Gasteiger partial charge in [-0.05, 0) is 35.7 Å². The van der Waals surface area contributed by atoms with Gasteiger partial charge in [-0.1, -0.05) is 24.3 Å². The van der Waals surface area contributed by atoms with Crippen LogP contribution in [0.4, 0.5) is 5.69 Å². The van der Waals surface area contributed by atoms with E-state index >= 15 is 0 Å². The first kappa shape index (κ1) is 15.9. The van der Waals surface area contributed by atoms with Crippen LogP contribution in [0, 0.1) is 0 Å². The highest BCUT2D eigenvalue weighted by Gasteiger charge is 2.19. The summed E-state index contributed by atoms with van der Waals surface area (Å²) in [5.74, 6) is 4.72. The summed E-state index contributed by atoms with van der Waals surface area (Å²) in [5, 5.41) is 1.37. The molecule has 4 N–H and O–H groups in total. The van der Waals surface area contributed by atoms with Crippen molar-refractivity contribution in [3.63, 3.8) is 0 Å². The summed E-state index contributed by atoms with van der Waals surface area (Å²) in [6, 6.07) is 14.7. The molecule has 0 atom stereocenters. The van der Waals surface area contributed by atoms with Crippen LogP contribution in [-0.2, 0) is 10.0 Å². The van der Waals surface area contributed by atoms with Gasteiger partial charge in [0.25, 0.3) is 15.9 Å². The molecule has 0 unspecified atom stereocenters. The lowest BCUT2D eigenvalue weighted by molar-refractivity contribution is 0.0981. The first-order chi connectivity index (χ1) is 11.5. The van der Waals surface area contributed by atoms with Crippen LogP contribution in [0.25, 0.3) is 10.8 Å². The number of carbonyl (C=O) groups is 1. The second kappa shape index (κ2) is 6.26. The molecule has 0 saturated carbocycles. The Morgan fingerprint density at radius 3 is 2.58 bits per heavy atom. The maximum absolute atomic E-state index is 12.3. The second-order valence-corrected chi connectivity index (χ2v) is 6.62. The minimum Gasteiger partial charge on any atom is -0.324 e. The van der Waals surface area contributed by atoms with Crippen LogP contribution in [0.5, 0.6) is 0 Å². The van der Waals surface area contributed by atoms with Gasteiger partial charge in [0.2, 0.25) is 0 Å². The second-order valence-electron chi connectivity index (χ2n) is 4.99. The van der Waals surface area contributed by atoms with Crippen LogP contribution < -0.4 is 16.0 Å². The van der Waals surface area contributed by atoms with E-state index in [9.17, 15) is 13.2 Å². The topological polar surface area (TPSA) is 114 Å². The van der Waals surface area contributed by atoms with Crippen molar-refractivity contribution in [2.75, 3.05) is 5.43 Å². The van der Waals surface area contributed by atoms with E-state index < -0.39 is 15.9 Å². The zero-order valence-corrected chi connectivity index (χ0v) is 13.2. The monoisotopic (exact) mass is 342 g/mol. The third-order valence-corrected chi connectivity index (χ3v) is 4.68. The van der Waals surface area contributed by atoms with Crippen molar-refractivity contribution in [2.24, 2.45) is 5.84 Å². The van der Waals surface area contributed by atoms with Gasteiger partial charge in [-0.2, -0.15) is 8.42 Å². The molecule has 0 aliphatic heterocycles. The fourth-order valence-corrected chi connectivity index (χ4v) is 3.21. The fourth-order valence-electron chi connectivity index (χ4n) is 2.29. The molecule has 0 bridgehead atoms. The molecule has 24 heavy (non-hydrogen) atoms. The van der Waals surface area contributed by atoms with Gasteiger partial charge in [-0.3, -0.25) is 10.6 Å². The Morgan fingerprint density at radius 1 is 1.04 bits per heavy atom. The molecule has 3 rings (SSSR count). The smallest absolute Gasteiger partial charge is 0.281 e. The van der Waals surface area contributed by atoms with E-state index in [1.165, 1.54) is 24.4 Å². The summed E-state index contributed by atoms with van der Waals surface area (Å²) in [7, 11) is -4.02. The maximum Gasteiger partial charge on any atom is 0.281 e. The van der Waals surface area contributed by atoms with Gasteiger partial charge >= 0.3 is 0 Å². The van der Waals surface area contributed by atoms with Gasteiger partial charge in [0, 0.05) is 17.1 Å². The highest BCUT2D eigenvalue weighted by molar-refractivity contribution is 7.90. The summed E-state index contributed by atoms with van der Waals surface area (Å²) < 4.78 is 26.3. The molecule has 0 saturated heterocycles. The number of hydrogen-bond donors (Lipinski definition) is 3. The number of aromatic nitrogens is 1. The van der Waals surface area contributed by atoms with E-state index in [0.29, 0.717) is 5.69 Å². The third-order valence-electron chi connectivity index (χ3n) is 3.44. The number of rotatable bonds is 4. The molecule has 0 fully saturated rings. The summed E-state index contributed by atoms with van der Waals surface area (Å²) in [6.07, 6.45) is 1.34. The zero-order valence-electron chi connectivity index (χ0n) is 12.4. The van der Waals surface area contributed by atoms with Crippen molar-refractivity contribution in [3.05, 3.63) is 66.4 Å². The fraction of sp³-hybridized carbons (Fsp3) is 0. The van der Waals surface area contributed by atoms with Crippen molar-refractivity contribution in [1.29, 1.82) is 0 Å². The summed E-state index contributed by atoms with van der Waals surface area (Å²) >= 11 is 0. The standard InChI is InChI=1S/C16H14N4O3S/c17-19-14-5-3-4-11-10-12(7-8-13(11)14)16(21)20-24(22,23)15-6-1-2-9-18-15/h1-10,19H,17H2,(H,20,21). The number of pyridine rings is 1. The summed E-state index contributed by atoms with van der Waals surface area (Å²) in [6.45, 7) is 0. The van der Waals surface area contributed by atoms with E-state index in [0.717, 1.165) is 10.8 Å². The van der Waals surface area contributed by atoms with E-state index in [1.807, 2.05) is 4.72 Å². The molecule has 1 heterocycles. The molecular formula is C16H14N4O3S. The minimum atomic E-state index is -4.02. The lowest BCUT2D eigenvalue weighted by atomic mass is 10.1. The van der Waals surface area contributed by atoms with Crippen LogP contribution in [-0.4, -0.2) is 19.3 Å². The van der Waals surface area contributed by atoms with Crippen molar-refractivity contribution in [1.82, 2.24) is 9.71 Å². The average molecular weight is 342 g/mol. The summed E-state index contributed by atoms with van der Waals surface area (Å²) in [4.78, 5) is 16.0. The lowest BCUT2D eigenvalue weighted by Gasteiger charge is -2.09. The van der Waals surface area contributed by atoms with Crippen molar-refractivity contribution >= 4 is 32.4 Å². The quantitative estimate of drug-likeness (QED) is 0.490. The normalized spacial score (nSPS) is 11.2. The number of nitrogen functional groups attached to an aromatic ring is 1. The number of carbonyl (C=O) groups excluding carboxylic acids is 1. The van der Waals surface area contributed by atoms with E-state index in [-0.39, 0.29) is 10.6 Å². The predicted molar refractivity (Wildman–Crippen MR) is 90.6 cm³/mol. The number of nitrogens with zero attached hydrogens (tertiary/aromatic N) is 1. The number of hydrazine groups is 1. The Balaban J connectivity index is 1.92. The van der Waals surface area contributed by atoms with Crippen LogP contribution >= 0.6 is 0 Å². The average Bonchev–Trinajstić information content (AvgIpc) is 2.61. The van der Waals surface area contributed by atoms with Crippen molar-refractivity contribution < 1.29 is 13.2 Å². The molecule has 0 aliphatic carbocycles. The number of amides is 1. The third kappa shape index (κ3) is 3.05. The number of anilines is 1. The molecule has 0 aliphatic rings. The number of sulfonamides is 1. The van der Waals surface area contributed by atoms with Crippen molar-refractivity contribution in [2.45, 2.75) is 5.03 Å². The Bertz CT molecular complexity index is 1000. The van der Waals surface area contributed by atoms with E-state index in [2.05, 4.69) is 10.4 Å². The van der Waals surface area contributed by atoms with E-state index in [1.54, 1.807) is 36.4 Å². The first-order valence-corrected chi connectivity index (χ1v) is 8.47. The molecule has 122 valence electrons. The van der Waals surface area contributed by atoms with Gasteiger partial charge < -0.3 is 5.43 Å². The Morgan fingerprint density at radius 2 is 1.88 bits per heavy atom. The number of benzene rings is 2. The Hall–Kier alpha value is -2.97. The molecule has 0 radical (unpaired) electrons. The molecule has 2 aromatic carbocycles. The zero-order chi connectivity index (χ0) is 17.2. The van der Waals surface area contributed by atoms with Gasteiger partial charge in [-0.25, -0.2) is 9.71 Å². The number of nitrogens with one attached hydrogen (secondary N) is 2. The predicted octanol–water partition coefficient (Wildman–Crippen LogP) is 1.64. The number of nitrogens with two attached hydrogens (primary N) is 1. The largest absolute Gasteiger partial charge is 0.324 e. The molecule has 0 spiro atoms. The van der Waals surface area contributed by atoms with E-state index in [4.69, 9.17) is 5.84 Å². The van der Waals surface area contributed by atoms with Crippen LogP contribution in [0.15, 0.2) is 65.8 Å². The van der Waals surface area contributed by atoms with Crippen molar-refractivity contribution in [3.8, 4) is 0 Å². The van der Waals surface area contributed by atoms with Gasteiger partial charge in [0.15, 0.2) is 5.03 Å². The molecule has 7 nitrogen and oxygen atoms in total. The Labute approximate surface area is 138 Å². The van der Waals surface area contributed by atoms with Crippen LogP contribution in [0.2, 0.25) is 0 Å². The molecule has 1 amide bonds. The lowest BCUT2D eigenvalue weighted by Crippen LogP contribution is -2.31. The minimum absolute atomic E-state index is 0.214. The SMILES string of the molecule is NNc1cccc2cc(C(=O)NS(=O)(=O)c3ccccn3)ccc12. The maximum atomic E-state index is 12.3. The molecular weight excluding hydrogens is 328 g/mol. The van der Waals surface area contributed by atoms with Crippen LogP contribution in [0.3, 0.4) is 0 Å². The molecule has 1 aromatic heterocycles. The van der Waals surface area contributed by atoms with Gasteiger partial charge in [0.05, 0.1) is 5.69 Å². The molecule has 3 aromatic rings. The van der Waals surface area contributed by atoms with Crippen LogP contribution in [0.1, 0.15) is 10.4 Å². The summed E-state index contributed by atoms with van der Waals surface area (Å²) in [5.41, 5.74) is 3.50. The highest BCUT2D eigenvalue weighted by atomic mass is 32.2. The number of fused-ring (bicyclic) bond motifs is 1.